The van der Waals surface area contributed by atoms with E-state index in [-0.39, 0.29) is 17.0 Å². The fourth-order valence-electron chi connectivity index (χ4n) is 1.81. The first-order valence-corrected chi connectivity index (χ1v) is 9.09. The molecule has 0 bridgehead atoms. The molecule has 6 heteroatoms. The lowest BCUT2D eigenvalue weighted by Gasteiger charge is -2.44. The van der Waals surface area contributed by atoms with Crippen LogP contribution in [0.2, 0.25) is 18.1 Å². The number of β-lactam (4-membered cyclic amide) rings is 1. The smallest absolute Gasteiger partial charge is 0.327 e. The lowest BCUT2D eigenvalue weighted by molar-refractivity contribution is -0.156. The van der Waals surface area contributed by atoms with Gasteiger partial charge in [-0.1, -0.05) is 20.8 Å². The fourth-order valence-corrected chi connectivity index (χ4v) is 3.24. The maximum absolute atomic E-state index is 11.5. The van der Waals surface area contributed by atoms with Crippen LogP contribution in [-0.2, 0) is 14.0 Å². The molecule has 0 aromatic rings. The summed E-state index contributed by atoms with van der Waals surface area (Å²) < 4.78 is 6.07. The summed E-state index contributed by atoms with van der Waals surface area (Å²) in [6.07, 6.45) is -0.360. The fraction of sp³-hybridized carbons (Fsp3) is 0.833. The van der Waals surface area contributed by atoms with Gasteiger partial charge in [0.2, 0.25) is 5.91 Å². The zero-order valence-electron chi connectivity index (χ0n) is 11.9. The first-order chi connectivity index (χ1) is 7.97. The van der Waals surface area contributed by atoms with Gasteiger partial charge in [0.15, 0.2) is 8.32 Å². The van der Waals surface area contributed by atoms with E-state index in [1.165, 1.54) is 0 Å². The number of amides is 1. The Balaban J connectivity index is 2.74. The Morgan fingerprint density at radius 1 is 1.44 bits per heavy atom. The molecule has 0 saturated carbocycles. The molecule has 1 saturated heterocycles. The second-order valence-electron chi connectivity index (χ2n) is 6.43. The Morgan fingerprint density at radius 2 is 1.94 bits per heavy atom. The van der Waals surface area contributed by atoms with Crippen LogP contribution in [0.5, 0.6) is 0 Å². The van der Waals surface area contributed by atoms with E-state index in [0.29, 0.717) is 0 Å². The number of rotatable bonds is 4. The lowest BCUT2D eigenvalue weighted by atomic mass is 9.86. The van der Waals surface area contributed by atoms with Gasteiger partial charge in [-0.15, -0.1) is 0 Å². The molecule has 0 aliphatic carbocycles. The third-order valence-electron chi connectivity index (χ3n) is 4.02. The van der Waals surface area contributed by atoms with Gasteiger partial charge >= 0.3 is 5.97 Å². The van der Waals surface area contributed by atoms with Crippen molar-refractivity contribution in [3.05, 3.63) is 0 Å². The molecule has 1 aliphatic rings. The van der Waals surface area contributed by atoms with Gasteiger partial charge in [-0.3, -0.25) is 4.79 Å². The van der Waals surface area contributed by atoms with Gasteiger partial charge in [0.05, 0.1) is 12.0 Å². The van der Waals surface area contributed by atoms with Crippen LogP contribution in [0.25, 0.3) is 0 Å². The maximum atomic E-state index is 11.5. The van der Waals surface area contributed by atoms with Crippen molar-refractivity contribution in [1.29, 1.82) is 0 Å². The third-order valence-corrected chi connectivity index (χ3v) is 8.59. The number of hydrogen-bond acceptors (Lipinski definition) is 3. The predicted molar refractivity (Wildman–Crippen MR) is 70.8 cm³/mol. The summed E-state index contributed by atoms with van der Waals surface area (Å²) in [4.78, 5) is 22.4. The average molecular weight is 273 g/mol. The van der Waals surface area contributed by atoms with Crippen molar-refractivity contribution < 1.29 is 19.1 Å². The van der Waals surface area contributed by atoms with E-state index in [2.05, 4.69) is 39.2 Å². The average Bonchev–Trinajstić information content (AvgIpc) is 2.10. The van der Waals surface area contributed by atoms with Crippen LogP contribution in [0.4, 0.5) is 0 Å². The van der Waals surface area contributed by atoms with Gasteiger partial charge in [-0.05, 0) is 25.1 Å². The molecule has 5 nitrogen and oxygen atoms in total. The molecule has 2 N–H and O–H groups in total. The van der Waals surface area contributed by atoms with Crippen molar-refractivity contribution in [1.82, 2.24) is 5.32 Å². The van der Waals surface area contributed by atoms with Crippen LogP contribution < -0.4 is 5.32 Å². The molecule has 18 heavy (non-hydrogen) atoms. The molecule has 1 amide bonds. The lowest BCUT2D eigenvalue weighted by Crippen LogP contribution is -2.66. The van der Waals surface area contributed by atoms with Crippen LogP contribution in [0.1, 0.15) is 27.7 Å². The minimum absolute atomic E-state index is 0.0419. The molecular weight excluding hydrogens is 250 g/mol. The summed E-state index contributed by atoms with van der Waals surface area (Å²) >= 11 is 0. The van der Waals surface area contributed by atoms with E-state index in [9.17, 15) is 9.59 Å². The van der Waals surface area contributed by atoms with E-state index >= 15 is 0 Å². The number of carboxylic acids is 1. The van der Waals surface area contributed by atoms with Crippen molar-refractivity contribution in [2.24, 2.45) is 5.92 Å². The summed E-state index contributed by atoms with van der Waals surface area (Å²) in [6.45, 7) is 12.3. The van der Waals surface area contributed by atoms with E-state index in [4.69, 9.17) is 9.53 Å². The first-order valence-electron chi connectivity index (χ1n) is 6.18. The number of carbonyl (C=O) groups is 2. The van der Waals surface area contributed by atoms with E-state index in [1.807, 2.05) is 0 Å². The van der Waals surface area contributed by atoms with E-state index in [1.54, 1.807) is 6.92 Å². The summed E-state index contributed by atoms with van der Waals surface area (Å²) in [6, 6.07) is -0.808. The Labute approximate surface area is 109 Å². The van der Waals surface area contributed by atoms with Crippen molar-refractivity contribution in [3.63, 3.8) is 0 Å². The second-order valence-corrected chi connectivity index (χ2v) is 11.2. The molecule has 1 rings (SSSR count). The monoisotopic (exact) mass is 273 g/mol. The highest BCUT2D eigenvalue weighted by Gasteiger charge is 2.50. The predicted octanol–water partition coefficient (Wildman–Crippen LogP) is 1.60. The third kappa shape index (κ3) is 2.75. The Kier molecular flexibility index (Phi) is 3.93. The quantitative estimate of drug-likeness (QED) is 0.602. The van der Waals surface area contributed by atoms with Gasteiger partial charge in [-0.2, -0.15) is 0 Å². The highest BCUT2D eigenvalue weighted by atomic mass is 28.4. The van der Waals surface area contributed by atoms with Crippen molar-refractivity contribution in [2.75, 3.05) is 0 Å². The normalized spacial score (nSPS) is 26.2. The molecule has 1 heterocycles. The Morgan fingerprint density at radius 3 is 2.28 bits per heavy atom. The van der Waals surface area contributed by atoms with Gasteiger partial charge < -0.3 is 14.8 Å². The summed E-state index contributed by atoms with van der Waals surface area (Å²) in [5.74, 6) is -1.80. The molecule has 3 unspecified atom stereocenters. The minimum Gasteiger partial charge on any atom is -0.480 e. The first kappa shape index (κ1) is 15.2. The number of aliphatic carboxylic acids is 1. The molecule has 104 valence electrons. The van der Waals surface area contributed by atoms with Crippen LogP contribution in [-0.4, -0.2) is 37.4 Å². The van der Waals surface area contributed by atoms with Crippen LogP contribution in [0.3, 0.4) is 0 Å². The Hall–Kier alpha value is -0.883. The number of carboxylic acid groups (broad SMARTS) is 1. The minimum atomic E-state index is -1.98. The number of hydrogen-bond donors (Lipinski definition) is 2. The van der Waals surface area contributed by atoms with Crippen molar-refractivity contribution in [3.8, 4) is 0 Å². The SMILES string of the molecule is CC(O[Si](C)(C)C(C)(C)C)C1C(=O)NC1C(=O)O. The number of carbonyl (C=O) groups excluding carboxylic acids is 1. The molecule has 0 spiro atoms. The zero-order chi connectivity index (χ0) is 14.3. The standard InChI is InChI=1S/C12H23NO4Si/c1-7(17-18(5,6)12(2,3)4)8-9(11(15)16)13-10(8)14/h7-9H,1-6H3,(H,13,14)(H,15,16). The molecule has 1 aliphatic heterocycles. The molecule has 0 aromatic heterocycles. The number of nitrogens with one attached hydrogen (secondary N) is 1. The van der Waals surface area contributed by atoms with Gasteiger partial charge in [0.25, 0.3) is 0 Å². The van der Waals surface area contributed by atoms with Crippen molar-refractivity contribution in [2.45, 2.75) is 58.0 Å². The zero-order valence-corrected chi connectivity index (χ0v) is 12.9. The second kappa shape index (κ2) is 4.66. The highest BCUT2D eigenvalue weighted by molar-refractivity contribution is 6.74. The van der Waals surface area contributed by atoms with Crippen LogP contribution in [0, 0.1) is 5.92 Å². The van der Waals surface area contributed by atoms with Crippen LogP contribution >= 0.6 is 0 Å². The molecular formula is C12H23NO4Si. The van der Waals surface area contributed by atoms with Crippen molar-refractivity contribution >= 4 is 20.2 Å². The van der Waals surface area contributed by atoms with Crippen LogP contribution in [0.15, 0.2) is 0 Å². The van der Waals surface area contributed by atoms with E-state index in [0.717, 1.165) is 0 Å². The molecule has 0 aromatic carbocycles. The summed E-state index contributed by atoms with van der Waals surface area (Å²) in [7, 11) is -1.98. The van der Waals surface area contributed by atoms with Gasteiger partial charge in [0.1, 0.15) is 6.04 Å². The summed E-state index contributed by atoms with van der Waals surface area (Å²) in [5.41, 5.74) is 0. The molecule has 1 fully saturated rings. The van der Waals surface area contributed by atoms with Gasteiger partial charge in [0, 0.05) is 0 Å². The molecule has 0 radical (unpaired) electrons. The van der Waals surface area contributed by atoms with E-state index < -0.39 is 26.2 Å². The van der Waals surface area contributed by atoms with Gasteiger partial charge in [-0.25, -0.2) is 4.79 Å². The highest BCUT2D eigenvalue weighted by Crippen LogP contribution is 2.38. The summed E-state index contributed by atoms with van der Waals surface area (Å²) in [5, 5.41) is 11.4. The maximum Gasteiger partial charge on any atom is 0.327 e. The Bertz CT molecular complexity index is 362. The largest absolute Gasteiger partial charge is 0.480 e. The molecule has 3 atom stereocenters. The topological polar surface area (TPSA) is 75.6 Å².